The predicted octanol–water partition coefficient (Wildman–Crippen LogP) is 1.80. The maximum Gasteiger partial charge on any atom is 0.234 e. The van der Waals surface area contributed by atoms with Gasteiger partial charge in [0.05, 0.1) is 6.54 Å². The fraction of sp³-hybridized carbons (Fsp3) is 0.250. The molecule has 0 saturated carbocycles. The Morgan fingerprint density at radius 1 is 1.10 bits per heavy atom. The molecule has 0 radical (unpaired) electrons. The summed E-state index contributed by atoms with van der Waals surface area (Å²) in [6.45, 7) is 3.60. The molecule has 2 rings (SSSR count). The number of hydrogen-bond acceptors (Lipinski definition) is 3. The summed E-state index contributed by atoms with van der Waals surface area (Å²) in [7, 11) is 0. The van der Waals surface area contributed by atoms with Crippen LogP contribution in [0.25, 0.3) is 0 Å². The maximum absolute atomic E-state index is 11.7. The molecule has 0 saturated heterocycles. The minimum absolute atomic E-state index is 0.00214. The van der Waals surface area contributed by atoms with E-state index in [4.69, 9.17) is 0 Å². The number of carbonyl (C=O) groups excluding carboxylic acids is 1. The van der Waals surface area contributed by atoms with Crippen molar-refractivity contribution in [3.63, 3.8) is 0 Å². The highest BCUT2D eigenvalue weighted by Crippen LogP contribution is 2.05. The Morgan fingerprint density at radius 3 is 2.60 bits per heavy atom. The number of hydrogen-bond donors (Lipinski definition) is 2. The van der Waals surface area contributed by atoms with Gasteiger partial charge >= 0.3 is 0 Å². The molecule has 104 valence electrons. The van der Waals surface area contributed by atoms with Gasteiger partial charge in [-0.25, -0.2) is 0 Å². The number of benzene rings is 1. The molecule has 2 aromatic rings. The lowest BCUT2D eigenvalue weighted by molar-refractivity contribution is -0.120. The first-order valence-electron chi connectivity index (χ1n) is 6.66. The molecule has 0 aliphatic carbocycles. The van der Waals surface area contributed by atoms with Crippen molar-refractivity contribution >= 4 is 5.91 Å². The lowest BCUT2D eigenvalue weighted by Gasteiger charge is -2.08. The SMILES string of the molecule is Cc1ccccc1CNC(=O)CNCc1ccncc1. The van der Waals surface area contributed by atoms with Crippen molar-refractivity contribution < 1.29 is 4.79 Å². The molecule has 0 aliphatic rings. The van der Waals surface area contributed by atoms with E-state index in [2.05, 4.69) is 15.6 Å². The molecule has 0 aliphatic heterocycles. The van der Waals surface area contributed by atoms with Crippen LogP contribution < -0.4 is 10.6 Å². The van der Waals surface area contributed by atoms with Crippen LogP contribution in [-0.4, -0.2) is 17.4 Å². The summed E-state index contributed by atoms with van der Waals surface area (Å²) in [6.07, 6.45) is 3.49. The third-order valence-electron chi connectivity index (χ3n) is 3.10. The molecule has 0 spiro atoms. The van der Waals surface area contributed by atoms with Crippen molar-refractivity contribution in [2.24, 2.45) is 0 Å². The summed E-state index contributed by atoms with van der Waals surface area (Å²) in [5.74, 6) is 0.00214. The van der Waals surface area contributed by atoms with Gasteiger partial charge in [0, 0.05) is 25.5 Å². The van der Waals surface area contributed by atoms with Gasteiger partial charge in [-0.3, -0.25) is 9.78 Å². The van der Waals surface area contributed by atoms with Crippen molar-refractivity contribution in [2.75, 3.05) is 6.54 Å². The van der Waals surface area contributed by atoms with Crippen LogP contribution in [0.3, 0.4) is 0 Å². The van der Waals surface area contributed by atoms with Crippen LogP contribution in [0.15, 0.2) is 48.8 Å². The number of aryl methyl sites for hydroxylation is 1. The number of rotatable bonds is 6. The summed E-state index contributed by atoms with van der Waals surface area (Å²) in [5, 5.41) is 6.02. The fourth-order valence-electron chi connectivity index (χ4n) is 1.89. The van der Waals surface area contributed by atoms with E-state index in [1.165, 1.54) is 5.56 Å². The van der Waals surface area contributed by atoms with Gasteiger partial charge < -0.3 is 10.6 Å². The van der Waals surface area contributed by atoms with Gasteiger partial charge in [0.15, 0.2) is 0 Å². The summed E-state index contributed by atoms with van der Waals surface area (Å²) < 4.78 is 0. The van der Waals surface area contributed by atoms with Crippen molar-refractivity contribution in [1.82, 2.24) is 15.6 Å². The first-order chi connectivity index (χ1) is 9.75. The Kier molecular flexibility index (Phi) is 5.26. The maximum atomic E-state index is 11.7. The zero-order chi connectivity index (χ0) is 14.2. The van der Waals surface area contributed by atoms with E-state index in [1.54, 1.807) is 12.4 Å². The Labute approximate surface area is 119 Å². The molecule has 20 heavy (non-hydrogen) atoms. The number of nitrogens with zero attached hydrogens (tertiary/aromatic N) is 1. The first kappa shape index (κ1) is 14.2. The second-order valence-corrected chi connectivity index (χ2v) is 4.66. The monoisotopic (exact) mass is 269 g/mol. The van der Waals surface area contributed by atoms with Gasteiger partial charge in [0.25, 0.3) is 0 Å². The Bertz CT molecular complexity index is 555. The van der Waals surface area contributed by atoms with Gasteiger partial charge in [-0.15, -0.1) is 0 Å². The number of nitrogens with one attached hydrogen (secondary N) is 2. The van der Waals surface area contributed by atoms with Gasteiger partial charge in [-0.1, -0.05) is 24.3 Å². The Balaban J connectivity index is 1.70. The Morgan fingerprint density at radius 2 is 1.85 bits per heavy atom. The molecule has 1 aromatic heterocycles. The third-order valence-corrected chi connectivity index (χ3v) is 3.10. The molecule has 4 heteroatoms. The lowest BCUT2D eigenvalue weighted by Crippen LogP contribution is -2.33. The van der Waals surface area contributed by atoms with Crippen LogP contribution in [0.4, 0.5) is 0 Å². The summed E-state index contributed by atoms with van der Waals surface area (Å²) >= 11 is 0. The van der Waals surface area contributed by atoms with E-state index in [9.17, 15) is 4.79 Å². The van der Waals surface area contributed by atoms with Gasteiger partial charge in [0.2, 0.25) is 5.91 Å². The molecular weight excluding hydrogens is 250 g/mol. The Hall–Kier alpha value is -2.20. The molecule has 1 heterocycles. The smallest absolute Gasteiger partial charge is 0.234 e. The number of amides is 1. The molecule has 0 atom stereocenters. The van der Waals surface area contributed by atoms with Crippen molar-refractivity contribution in [2.45, 2.75) is 20.0 Å². The van der Waals surface area contributed by atoms with E-state index in [1.807, 2.05) is 43.3 Å². The van der Waals surface area contributed by atoms with Gasteiger partial charge in [-0.2, -0.15) is 0 Å². The molecular formula is C16H19N3O. The zero-order valence-electron chi connectivity index (χ0n) is 11.6. The number of aromatic nitrogens is 1. The zero-order valence-corrected chi connectivity index (χ0v) is 11.6. The highest BCUT2D eigenvalue weighted by molar-refractivity contribution is 5.78. The van der Waals surface area contributed by atoms with Crippen LogP contribution in [0.2, 0.25) is 0 Å². The van der Waals surface area contributed by atoms with E-state index in [0.717, 1.165) is 11.1 Å². The molecule has 2 N–H and O–H groups in total. The summed E-state index contributed by atoms with van der Waals surface area (Å²) in [5.41, 5.74) is 3.46. The molecule has 1 amide bonds. The average Bonchev–Trinajstić information content (AvgIpc) is 2.47. The van der Waals surface area contributed by atoms with Crippen LogP contribution in [0, 0.1) is 6.92 Å². The van der Waals surface area contributed by atoms with Gasteiger partial charge in [-0.05, 0) is 35.7 Å². The minimum atomic E-state index is 0.00214. The highest BCUT2D eigenvalue weighted by atomic mass is 16.1. The van der Waals surface area contributed by atoms with E-state index < -0.39 is 0 Å². The number of carbonyl (C=O) groups is 1. The standard InChI is InChI=1S/C16H19N3O/c1-13-4-2-3-5-15(13)11-19-16(20)12-18-10-14-6-8-17-9-7-14/h2-9,18H,10-12H2,1H3,(H,19,20). The molecule has 0 unspecified atom stereocenters. The molecule has 4 nitrogen and oxygen atoms in total. The van der Waals surface area contributed by atoms with E-state index in [0.29, 0.717) is 19.6 Å². The molecule has 0 fully saturated rings. The van der Waals surface area contributed by atoms with Crippen molar-refractivity contribution in [3.8, 4) is 0 Å². The van der Waals surface area contributed by atoms with E-state index >= 15 is 0 Å². The fourth-order valence-corrected chi connectivity index (χ4v) is 1.89. The second kappa shape index (κ2) is 7.40. The second-order valence-electron chi connectivity index (χ2n) is 4.66. The lowest BCUT2D eigenvalue weighted by atomic mass is 10.1. The van der Waals surface area contributed by atoms with Crippen molar-refractivity contribution in [1.29, 1.82) is 0 Å². The molecule has 1 aromatic carbocycles. The summed E-state index contributed by atoms with van der Waals surface area (Å²) in [4.78, 5) is 15.7. The van der Waals surface area contributed by atoms with Crippen LogP contribution >= 0.6 is 0 Å². The molecule has 0 bridgehead atoms. The number of pyridine rings is 1. The van der Waals surface area contributed by atoms with Crippen LogP contribution in [0.1, 0.15) is 16.7 Å². The van der Waals surface area contributed by atoms with E-state index in [-0.39, 0.29) is 5.91 Å². The third kappa shape index (κ3) is 4.48. The van der Waals surface area contributed by atoms with Crippen LogP contribution in [0.5, 0.6) is 0 Å². The normalized spacial score (nSPS) is 10.2. The summed E-state index contributed by atoms with van der Waals surface area (Å²) in [6, 6.07) is 11.9. The topological polar surface area (TPSA) is 54.0 Å². The highest BCUT2D eigenvalue weighted by Gasteiger charge is 2.02. The minimum Gasteiger partial charge on any atom is -0.351 e. The largest absolute Gasteiger partial charge is 0.351 e. The quantitative estimate of drug-likeness (QED) is 0.840. The van der Waals surface area contributed by atoms with Crippen molar-refractivity contribution in [3.05, 3.63) is 65.5 Å². The first-order valence-corrected chi connectivity index (χ1v) is 6.66. The van der Waals surface area contributed by atoms with Crippen LogP contribution in [-0.2, 0) is 17.9 Å². The van der Waals surface area contributed by atoms with Gasteiger partial charge in [0.1, 0.15) is 0 Å². The predicted molar refractivity (Wildman–Crippen MR) is 79.0 cm³/mol. The average molecular weight is 269 g/mol.